The lowest BCUT2D eigenvalue weighted by Gasteiger charge is -2.16. The summed E-state index contributed by atoms with van der Waals surface area (Å²) in [4.78, 5) is 11.7. The first-order valence-electron chi connectivity index (χ1n) is 7.06. The normalized spacial score (nSPS) is 12.5. The largest absolute Gasteiger partial charge is 0.355 e. The third-order valence-electron chi connectivity index (χ3n) is 3.27. The van der Waals surface area contributed by atoms with Crippen LogP contribution in [0.1, 0.15) is 44.4 Å². The van der Waals surface area contributed by atoms with Crippen molar-refractivity contribution in [3.63, 3.8) is 0 Å². The van der Waals surface area contributed by atoms with E-state index < -0.39 is 0 Å². The first-order valence-corrected chi connectivity index (χ1v) is 7.06. The number of hydrogen-bond acceptors (Lipinski definition) is 2. The number of carbonyl (C=O) groups excluding carboxylic acids is 1. The number of aryl methyl sites for hydroxylation is 1. The number of amides is 1. The van der Waals surface area contributed by atoms with Crippen LogP contribution in [0, 0.1) is 12.8 Å². The quantitative estimate of drug-likeness (QED) is 0.793. The SMILES string of the molecule is Cc1ccccc1[C@H](C)NCC(=O)NCCC(C)C. The summed E-state index contributed by atoms with van der Waals surface area (Å²) in [6.07, 6.45) is 1.03. The molecule has 3 nitrogen and oxygen atoms in total. The van der Waals surface area contributed by atoms with Gasteiger partial charge in [-0.15, -0.1) is 0 Å². The second-order valence-electron chi connectivity index (χ2n) is 5.49. The maximum absolute atomic E-state index is 11.7. The molecule has 0 radical (unpaired) electrons. The van der Waals surface area contributed by atoms with Gasteiger partial charge in [0.25, 0.3) is 0 Å². The Kier molecular flexibility index (Phi) is 6.57. The fraction of sp³-hybridized carbons (Fsp3) is 0.562. The van der Waals surface area contributed by atoms with E-state index in [1.807, 2.05) is 12.1 Å². The Bertz CT molecular complexity index is 401. The maximum atomic E-state index is 11.7. The molecule has 1 amide bonds. The van der Waals surface area contributed by atoms with Gasteiger partial charge in [0.05, 0.1) is 6.54 Å². The van der Waals surface area contributed by atoms with Crippen LogP contribution in [0.15, 0.2) is 24.3 Å². The van der Waals surface area contributed by atoms with Crippen LogP contribution >= 0.6 is 0 Å². The number of nitrogens with one attached hydrogen (secondary N) is 2. The summed E-state index contributed by atoms with van der Waals surface area (Å²) in [5.74, 6) is 0.695. The highest BCUT2D eigenvalue weighted by Gasteiger charge is 2.09. The third kappa shape index (κ3) is 5.88. The second kappa shape index (κ2) is 7.95. The highest BCUT2D eigenvalue weighted by atomic mass is 16.1. The predicted octanol–water partition coefficient (Wildman–Crippen LogP) is 2.81. The summed E-state index contributed by atoms with van der Waals surface area (Å²) in [5, 5.41) is 6.20. The van der Waals surface area contributed by atoms with Gasteiger partial charge in [0.2, 0.25) is 5.91 Å². The Balaban J connectivity index is 2.32. The number of rotatable bonds is 7. The summed E-state index contributed by atoms with van der Waals surface area (Å²) in [6.45, 7) is 9.62. The summed E-state index contributed by atoms with van der Waals surface area (Å²) >= 11 is 0. The highest BCUT2D eigenvalue weighted by Crippen LogP contribution is 2.15. The molecule has 106 valence electrons. The molecule has 1 aromatic rings. The molecule has 0 heterocycles. The van der Waals surface area contributed by atoms with E-state index in [1.54, 1.807) is 0 Å². The van der Waals surface area contributed by atoms with Crippen molar-refractivity contribution in [2.45, 2.75) is 40.2 Å². The second-order valence-corrected chi connectivity index (χ2v) is 5.49. The van der Waals surface area contributed by atoms with Gasteiger partial charge in [0, 0.05) is 12.6 Å². The molecule has 0 bridgehead atoms. The van der Waals surface area contributed by atoms with Crippen molar-refractivity contribution in [1.82, 2.24) is 10.6 Å². The summed E-state index contributed by atoms with van der Waals surface area (Å²) in [6, 6.07) is 8.45. The van der Waals surface area contributed by atoms with Crippen LogP contribution in [0.2, 0.25) is 0 Å². The Hall–Kier alpha value is -1.35. The Morgan fingerprint density at radius 3 is 2.53 bits per heavy atom. The van der Waals surface area contributed by atoms with E-state index in [-0.39, 0.29) is 11.9 Å². The molecular formula is C16H26N2O. The van der Waals surface area contributed by atoms with Gasteiger partial charge < -0.3 is 10.6 Å². The van der Waals surface area contributed by atoms with E-state index in [0.717, 1.165) is 13.0 Å². The summed E-state index contributed by atoms with van der Waals surface area (Å²) in [5.41, 5.74) is 2.50. The molecule has 0 spiro atoms. The molecule has 0 aromatic heterocycles. The first-order chi connectivity index (χ1) is 9.00. The standard InChI is InChI=1S/C16H26N2O/c1-12(2)9-10-17-16(19)11-18-14(4)15-8-6-5-7-13(15)3/h5-8,12,14,18H,9-11H2,1-4H3,(H,17,19)/t14-/m0/s1. The molecule has 3 heteroatoms. The number of benzene rings is 1. The Morgan fingerprint density at radius 2 is 1.89 bits per heavy atom. The molecule has 0 aliphatic rings. The molecular weight excluding hydrogens is 236 g/mol. The van der Waals surface area contributed by atoms with Crippen LogP contribution < -0.4 is 10.6 Å². The molecule has 19 heavy (non-hydrogen) atoms. The lowest BCUT2D eigenvalue weighted by Crippen LogP contribution is -2.35. The van der Waals surface area contributed by atoms with Gasteiger partial charge in [-0.1, -0.05) is 38.1 Å². The molecule has 0 aliphatic heterocycles. The number of carbonyl (C=O) groups is 1. The molecule has 0 fully saturated rings. The average molecular weight is 262 g/mol. The fourth-order valence-corrected chi connectivity index (χ4v) is 1.99. The van der Waals surface area contributed by atoms with Gasteiger partial charge in [0.15, 0.2) is 0 Å². The minimum atomic E-state index is 0.0704. The van der Waals surface area contributed by atoms with E-state index in [2.05, 4.69) is 50.5 Å². The van der Waals surface area contributed by atoms with Crippen molar-refractivity contribution in [3.8, 4) is 0 Å². The van der Waals surface area contributed by atoms with Gasteiger partial charge in [-0.05, 0) is 37.3 Å². The van der Waals surface area contributed by atoms with Crippen molar-refractivity contribution >= 4 is 5.91 Å². The van der Waals surface area contributed by atoms with Crippen LogP contribution in [0.5, 0.6) is 0 Å². The minimum absolute atomic E-state index is 0.0704. The van der Waals surface area contributed by atoms with Gasteiger partial charge in [-0.2, -0.15) is 0 Å². The van der Waals surface area contributed by atoms with Gasteiger partial charge >= 0.3 is 0 Å². The molecule has 1 aromatic carbocycles. The smallest absolute Gasteiger partial charge is 0.233 e. The molecule has 2 N–H and O–H groups in total. The van der Waals surface area contributed by atoms with Gasteiger partial charge in [0.1, 0.15) is 0 Å². The van der Waals surface area contributed by atoms with Crippen molar-refractivity contribution in [2.75, 3.05) is 13.1 Å². The topological polar surface area (TPSA) is 41.1 Å². The zero-order chi connectivity index (χ0) is 14.3. The minimum Gasteiger partial charge on any atom is -0.355 e. The fourth-order valence-electron chi connectivity index (χ4n) is 1.99. The van der Waals surface area contributed by atoms with Crippen molar-refractivity contribution in [1.29, 1.82) is 0 Å². The van der Waals surface area contributed by atoms with Crippen molar-refractivity contribution < 1.29 is 4.79 Å². The monoisotopic (exact) mass is 262 g/mol. The van der Waals surface area contributed by atoms with Crippen LogP contribution in [-0.4, -0.2) is 19.0 Å². The number of hydrogen-bond donors (Lipinski definition) is 2. The van der Waals surface area contributed by atoms with E-state index in [4.69, 9.17) is 0 Å². The highest BCUT2D eigenvalue weighted by molar-refractivity contribution is 5.78. The Morgan fingerprint density at radius 1 is 1.21 bits per heavy atom. The van der Waals surface area contributed by atoms with Crippen LogP contribution in [-0.2, 0) is 4.79 Å². The van der Waals surface area contributed by atoms with E-state index in [1.165, 1.54) is 11.1 Å². The third-order valence-corrected chi connectivity index (χ3v) is 3.27. The average Bonchev–Trinajstić information content (AvgIpc) is 2.36. The van der Waals surface area contributed by atoms with Crippen LogP contribution in [0.4, 0.5) is 0 Å². The zero-order valence-corrected chi connectivity index (χ0v) is 12.5. The molecule has 1 atom stereocenters. The maximum Gasteiger partial charge on any atom is 0.233 e. The molecule has 0 saturated carbocycles. The van der Waals surface area contributed by atoms with Crippen molar-refractivity contribution in [2.24, 2.45) is 5.92 Å². The first kappa shape index (κ1) is 15.7. The van der Waals surface area contributed by atoms with Crippen molar-refractivity contribution in [3.05, 3.63) is 35.4 Å². The van der Waals surface area contributed by atoms with Gasteiger partial charge in [-0.25, -0.2) is 0 Å². The molecule has 0 saturated heterocycles. The van der Waals surface area contributed by atoms with Gasteiger partial charge in [-0.3, -0.25) is 4.79 Å². The zero-order valence-electron chi connectivity index (χ0n) is 12.5. The lowest BCUT2D eigenvalue weighted by molar-refractivity contribution is -0.120. The van der Waals surface area contributed by atoms with Crippen LogP contribution in [0.25, 0.3) is 0 Å². The Labute approximate surface area is 116 Å². The summed E-state index contributed by atoms with van der Waals surface area (Å²) in [7, 11) is 0. The van der Waals surface area contributed by atoms with E-state index in [0.29, 0.717) is 12.5 Å². The van der Waals surface area contributed by atoms with E-state index >= 15 is 0 Å². The predicted molar refractivity (Wildman–Crippen MR) is 80.1 cm³/mol. The molecule has 0 unspecified atom stereocenters. The molecule has 1 rings (SSSR count). The van der Waals surface area contributed by atoms with E-state index in [9.17, 15) is 4.79 Å². The van der Waals surface area contributed by atoms with Crippen LogP contribution in [0.3, 0.4) is 0 Å². The lowest BCUT2D eigenvalue weighted by atomic mass is 10.0. The molecule has 0 aliphatic carbocycles. The summed E-state index contributed by atoms with van der Waals surface area (Å²) < 4.78 is 0.